The lowest BCUT2D eigenvalue weighted by Crippen LogP contribution is -2.40. The molecule has 4 heteroatoms. The van der Waals surface area contributed by atoms with Crippen molar-refractivity contribution >= 4 is 5.97 Å². The van der Waals surface area contributed by atoms with Gasteiger partial charge in [-0.3, -0.25) is 9.88 Å². The lowest BCUT2D eigenvalue weighted by atomic mass is 10.1. The smallest absolute Gasteiger partial charge is 0.338 e. The third-order valence-corrected chi connectivity index (χ3v) is 3.90. The summed E-state index contributed by atoms with van der Waals surface area (Å²) >= 11 is 0. The van der Waals surface area contributed by atoms with Crippen LogP contribution in [0.5, 0.6) is 0 Å². The monoisotopic (exact) mass is 296 g/mol. The van der Waals surface area contributed by atoms with Gasteiger partial charge in [-0.05, 0) is 37.1 Å². The molecule has 0 spiro atoms. The van der Waals surface area contributed by atoms with Crippen LogP contribution in [-0.2, 0) is 11.3 Å². The van der Waals surface area contributed by atoms with Crippen LogP contribution >= 0.6 is 0 Å². The first-order valence-corrected chi connectivity index (χ1v) is 7.68. The molecule has 0 aliphatic carbocycles. The van der Waals surface area contributed by atoms with Gasteiger partial charge in [0.2, 0.25) is 0 Å². The number of carbonyl (C=O) groups is 1. The number of likely N-dealkylation sites (tertiary alicyclic amines) is 1. The van der Waals surface area contributed by atoms with Gasteiger partial charge in [-0.2, -0.15) is 0 Å². The van der Waals surface area contributed by atoms with E-state index in [2.05, 4.69) is 34.1 Å². The number of pyridine rings is 1. The Bertz CT molecular complexity index is 601. The topological polar surface area (TPSA) is 42.4 Å². The fourth-order valence-corrected chi connectivity index (χ4v) is 2.80. The quantitative estimate of drug-likeness (QED) is 0.814. The number of ether oxygens (including phenoxy) is 1. The number of esters is 1. The molecule has 3 rings (SSSR count). The number of benzene rings is 1. The highest BCUT2D eigenvalue weighted by Crippen LogP contribution is 2.17. The predicted octanol–water partition coefficient (Wildman–Crippen LogP) is 2.90. The number of piperidine rings is 1. The number of hydrogen-bond acceptors (Lipinski definition) is 4. The zero-order valence-electron chi connectivity index (χ0n) is 12.5. The summed E-state index contributed by atoms with van der Waals surface area (Å²) in [6.45, 7) is 2.76. The first-order valence-electron chi connectivity index (χ1n) is 7.68. The molecule has 1 aliphatic rings. The van der Waals surface area contributed by atoms with Crippen molar-refractivity contribution in [2.45, 2.75) is 25.5 Å². The van der Waals surface area contributed by atoms with Crippen LogP contribution in [0.25, 0.3) is 0 Å². The van der Waals surface area contributed by atoms with Crippen molar-refractivity contribution in [3.63, 3.8) is 0 Å². The standard InChI is InChI=1S/C18H20N2O2/c21-18(16-8-10-19-11-9-16)22-17-7-4-12-20(14-17)13-15-5-2-1-3-6-15/h1-3,5-6,8-11,17H,4,7,12-14H2. The second-order valence-corrected chi connectivity index (χ2v) is 5.63. The molecule has 1 atom stereocenters. The molecular formula is C18H20N2O2. The predicted molar refractivity (Wildman–Crippen MR) is 84.4 cm³/mol. The fraction of sp³-hybridized carbons (Fsp3) is 0.333. The Morgan fingerprint density at radius 3 is 2.73 bits per heavy atom. The molecule has 1 fully saturated rings. The summed E-state index contributed by atoms with van der Waals surface area (Å²) in [5.74, 6) is -0.256. The molecule has 1 aromatic heterocycles. The van der Waals surface area contributed by atoms with Crippen LogP contribution in [-0.4, -0.2) is 35.0 Å². The average Bonchev–Trinajstić information content (AvgIpc) is 2.57. The van der Waals surface area contributed by atoms with E-state index in [1.807, 2.05) is 6.07 Å². The second kappa shape index (κ2) is 7.18. The molecule has 0 radical (unpaired) electrons. The molecular weight excluding hydrogens is 276 g/mol. The second-order valence-electron chi connectivity index (χ2n) is 5.63. The zero-order chi connectivity index (χ0) is 15.2. The first kappa shape index (κ1) is 14.7. The Labute approximate surface area is 130 Å². The molecule has 0 bridgehead atoms. The van der Waals surface area contributed by atoms with Crippen LogP contribution in [0.1, 0.15) is 28.8 Å². The van der Waals surface area contributed by atoms with E-state index in [1.165, 1.54) is 5.56 Å². The molecule has 1 aromatic carbocycles. The van der Waals surface area contributed by atoms with E-state index in [0.29, 0.717) is 5.56 Å². The molecule has 22 heavy (non-hydrogen) atoms. The van der Waals surface area contributed by atoms with Gasteiger partial charge in [-0.25, -0.2) is 4.79 Å². The molecule has 1 saturated heterocycles. The van der Waals surface area contributed by atoms with E-state index >= 15 is 0 Å². The summed E-state index contributed by atoms with van der Waals surface area (Å²) in [6, 6.07) is 13.8. The number of hydrogen-bond donors (Lipinski definition) is 0. The maximum absolute atomic E-state index is 12.1. The Kier molecular flexibility index (Phi) is 4.81. The van der Waals surface area contributed by atoms with E-state index in [9.17, 15) is 4.79 Å². The Morgan fingerprint density at radius 1 is 1.18 bits per heavy atom. The maximum atomic E-state index is 12.1. The lowest BCUT2D eigenvalue weighted by molar-refractivity contribution is 0.00560. The van der Waals surface area contributed by atoms with E-state index in [4.69, 9.17) is 4.74 Å². The molecule has 0 saturated carbocycles. The highest BCUT2D eigenvalue weighted by Gasteiger charge is 2.23. The summed E-state index contributed by atoms with van der Waals surface area (Å²) in [6.07, 6.45) is 5.18. The van der Waals surface area contributed by atoms with E-state index in [-0.39, 0.29) is 12.1 Å². The van der Waals surface area contributed by atoms with Crippen molar-refractivity contribution < 1.29 is 9.53 Å². The van der Waals surface area contributed by atoms with Gasteiger partial charge in [-0.15, -0.1) is 0 Å². The highest BCUT2D eigenvalue weighted by atomic mass is 16.5. The van der Waals surface area contributed by atoms with Crippen molar-refractivity contribution in [3.8, 4) is 0 Å². The van der Waals surface area contributed by atoms with Crippen LogP contribution in [0.15, 0.2) is 54.9 Å². The van der Waals surface area contributed by atoms with Crippen LogP contribution in [0, 0.1) is 0 Å². The molecule has 0 amide bonds. The van der Waals surface area contributed by atoms with Crippen molar-refractivity contribution in [1.82, 2.24) is 9.88 Å². The summed E-state index contributed by atoms with van der Waals surface area (Å²) in [5.41, 5.74) is 1.86. The van der Waals surface area contributed by atoms with Crippen LogP contribution in [0.3, 0.4) is 0 Å². The number of aromatic nitrogens is 1. The van der Waals surface area contributed by atoms with Gasteiger partial charge in [0.15, 0.2) is 0 Å². The van der Waals surface area contributed by atoms with Crippen LogP contribution < -0.4 is 0 Å². The third-order valence-electron chi connectivity index (χ3n) is 3.90. The number of carbonyl (C=O) groups excluding carboxylic acids is 1. The summed E-state index contributed by atoms with van der Waals surface area (Å²) in [5, 5.41) is 0. The van der Waals surface area contributed by atoms with Crippen molar-refractivity contribution in [1.29, 1.82) is 0 Å². The molecule has 0 N–H and O–H groups in total. The van der Waals surface area contributed by atoms with Crippen molar-refractivity contribution in [2.75, 3.05) is 13.1 Å². The fourth-order valence-electron chi connectivity index (χ4n) is 2.80. The summed E-state index contributed by atoms with van der Waals surface area (Å²) < 4.78 is 5.64. The largest absolute Gasteiger partial charge is 0.457 e. The maximum Gasteiger partial charge on any atom is 0.338 e. The molecule has 1 unspecified atom stereocenters. The molecule has 2 heterocycles. The Balaban J connectivity index is 1.55. The highest BCUT2D eigenvalue weighted by molar-refractivity contribution is 5.89. The number of nitrogens with zero attached hydrogens (tertiary/aromatic N) is 2. The van der Waals surface area contributed by atoms with Crippen LogP contribution in [0.4, 0.5) is 0 Å². The van der Waals surface area contributed by atoms with E-state index in [0.717, 1.165) is 32.5 Å². The van der Waals surface area contributed by atoms with Gasteiger partial charge in [-0.1, -0.05) is 30.3 Å². The van der Waals surface area contributed by atoms with E-state index in [1.54, 1.807) is 24.5 Å². The van der Waals surface area contributed by atoms with Crippen molar-refractivity contribution in [3.05, 3.63) is 66.0 Å². The van der Waals surface area contributed by atoms with Gasteiger partial charge in [0.05, 0.1) is 5.56 Å². The van der Waals surface area contributed by atoms with Gasteiger partial charge < -0.3 is 4.74 Å². The van der Waals surface area contributed by atoms with E-state index < -0.39 is 0 Å². The Hall–Kier alpha value is -2.20. The normalized spacial score (nSPS) is 18.8. The molecule has 114 valence electrons. The molecule has 1 aliphatic heterocycles. The minimum absolute atomic E-state index is 0.0295. The Morgan fingerprint density at radius 2 is 1.95 bits per heavy atom. The number of rotatable bonds is 4. The first-order chi connectivity index (χ1) is 10.8. The molecule has 4 nitrogen and oxygen atoms in total. The SMILES string of the molecule is O=C(OC1CCCN(Cc2ccccc2)C1)c1ccncc1. The summed E-state index contributed by atoms with van der Waals surface area (Å²) in [7, 11) is 0. The third kappa shape index (κ3) is 3.92. The van der Waals surface area contributed by atoms with Gasteiger partial charge in [0.25, 0.3) is 0 Å². The summed E-state index contributed by atoms with van der Waals surface area (Å²) in [4.78, 5) is 18.4. The van der Waals surface area contributed by atoms with Crippen molar-refractivity contribution in [2.24, 2.45) is 0 Å². The molecule has 2 aromatic rings. The minimum atomic E-state index is -0.256. The average molecular weight is 296 g/mol. The van der Waals surface area contributed by atoms with Gasteiger partial charge in [0, 0.05) is 25.5 Å². The van der Waals surface area contributed by atoms with Crippen LogP contribution in [0.2, 0.25) is 0 Å². The van der Waals surface area contributed by atoms with Gasteiger partial charge >= 0.3 is 5.97 Å². The minimum Gasteiger partial charge on any atom is -0.457 e. The lowest BCUT2D eigenvalue weighted by Gasteiger charge is -2.32. The zero-order valence-corrected chi connectivity index (χ0v) is 12.5. The van der Waals surface area contributed by atoms with Gasteiger partial charge in [0.1, 0.15) is 6.10 Å².